The summed E-state index contributed by atoms with van der Waals surface area (Å²) in [4.78, 5) is 24.1. The Hall–Kier alpha value is -3.33. The number of carbonyl (C=O) groups excluding carboxylic acids is 1. The number of hydrogen-bond acceptors (Lipinski definition) is 7. The molecule has 0 bridgehead atoms. The summed E-state index contributed by atoms with van der Waals surface area (Å²) in [5.74, 6) is 0.623. The first kappa shape index (κ1) is 20.6. The molecule has 2 aliphatic rings. The van der Waals surface area contributed by atoms with Crippen LogP contribution >= 0.6 is 0 Å². The number of carbonyl (C=O) groups is 1. The van der Waals surface area contributed by atoms with Crippen molar-refractivity contribution in [3.05, 3.63) is 64.7 Å². The normalized spacial score (nSPS) is 16.1. The lowest BCUT2D eigenvalue weighted by molar-refractivity contribution is -0.144. The molecule has 1 aliphatic carbocycles. The van der Waals surface area contributed by atoms with E-state index in [-0.39, 0.29) is 5.91 Å². The average Bonchev–Trinajstić information content (AvgIpc) is 3.55. The zero-order valence-electron chi connectivity index (χ0n) is 18.1. The summed E-state index contributed by atoms with van der Waals surface area (Å²) >= 11 is 0. The van der Waals surface area contributed by atoms with E-state index in [0.717, 1.165) is 29.8 Å². The number of nitrogens with zero attached hydrogens (tertiary/aromatic N) is 5. The maximum absolute atomic E-state index is 13.0. The van der Waals surface area contributed by atoms with Crippen LogP contribution in [0.3, 0.4) is 0 Å². The van der Waals surface area contributed by atoms with E-state index in [1.165, 1.54) is 11.1 Å². The first-order chi connectivity index (χ1) is 15.7. The number of aromatic nitrogens is 5. The van der Waals surface area contributed by atoms with E-state index in [1.807, 2.05) is 13.1 Å². The highest BCUT2D eigenvalue weighted by atomic mass is 16.5. The van der Waals surface area contributed by atoms with Crippen molar-refractivity contribution in [3.63, 3.8) is 0 Å². The zero-order chi connectivity index (χ0) is 21.9. The molecule has 9 nitrogen and oxygen atoms in total. The Morgan fingerprint density at radius 1 is 1.25 bits per heavy atom. The summed E-state index contributed by atoms with van der Waals surface area (Å²) in [6.45, 7) is 3.39. The molecule has 5 rings (SSSR count). The number of H-pyrrole nitrogens is 1. The fourth-order valence-corrected chi connectivity index (χ4v) is 4.44. The van der Waals surface area contributed by atoms with E-state index in [9.17, 15) is 4.79 Å². The molecule has 0 radical (unpaired) electrons. The van der Waals surface area contributed by atoms with E-state index in [1.54, 1.807) is 11.1 Å². The Morgan fingerprint density at radius 2 is 2.06 bits per heavy atom. The Balaban J connectivity index is 1.17. The van der Waals surface area contributed by atoms with Crippen LogP contribution in [0.1, 0.15) is 41.4 Å². The van der Waals surface area contributed by atoms with Gasteiger partial charge in [0.15, 0.2) is 0 Å². The van der Waals surface area contributed by atoms with Crippen molar-refractivity contribution in [2.45, 2.75) is 57.8 Å². The molecule has 32 heavy (non-hydrogen) atoms. The third kappa shape index (κ3) is 4.34. The van der Waals surface area contributed by atoms with Gasteiger partial charge in [-0.3, -0.25) is 9.89 Å². The first-order valence-electron chi connectivity index (χ1n) is 11.1. The number of nitrogens with one attached hydrogen (secondary N) is 2. The number of benzene rings is 1. The zero-order valence-corrected chi connectivity index (χ0v) is 18.1. The average molecular weight is 434 g/mol. The van der Waals surface area contributed by atoms with E-state index < -0.39 is 6.10 Å². The molecule has 1 amide bonds. The second-order valence-corrected chi connectivity index (χ2v) is 8.36. The quantitative estimate of drug-likeness (QED) is 0.560. The van der Waals surface area contributed by atoms with Crippen molar-refractivity contribution >= 4 is 11.9 Å². The number of hydrogen-bond donors (Lipinski definition) is 2. The Labute approximate surface area is 186 Å². The molecule has 3 aromatic rings. The molecule has 1 unspecified atom stereocenters. The number of ether oxygens (including phenoxy) is 1. The summed E-state index contributed by atoms with van der Waals surface area (Å²) in [5, 5.41) is 13.8. The maximum atomic E-state index is 13.0. The van der Waals surface area contributed by atoms with Crippen LogP contribution in [0.2, 0.25) is 0 Å². The van der Waals surface area contributed by atoms with Crippen LogP contribution in [0.4, 0.5) is 5.95 Å². The van der Waals surface area contributed by atoms with Gasteiger partial charge in [0.2, 0.25) is 5.95 Å². The number of rotatable bonds is 8. The molecule has 0 saturated carbocycles. The van der Waals surface area contributed by atoms with E-state index in [4.69, 9.17) is 9.72 Å². The fraction of sp³-hybridized carbons (Fsp3) is 0.435. The molecular weight excluding hydrogens is 406 g/mol. The highest BCUT2D eigenvalue weighted by Crippen LogP contribution is 2.26. The lowest BCUT2D eigenvalue weighted by Gasteiger charge is -2.22. The highest BCUT2D eigenvalue weighted by Gasteiger charge is 2.30. The van der Waals surface area contributed by atoms with E-state index in [2.05, 4.69) is 50.0 Å². The molecule has 1 aromatic carbocycles. The third-order valence-electron chi connectivity index (χ3n) is 6.14. The van der Waals surface area contributed by atoms with E-state index in [0.29, 0.717) is 44.5 Å². The van der Waals surface area contributed by atoms with Gasteiger partial charge in [-0.2, -0.15) is 0 Å². The van der Waals surface area contributed by atoms with Crippen molar-refractivity contribution < 1.29 is 9.53 Å². The van der Waals surface area contributed by atoms with Gasteiger partial charge in [-0.1, -0.05) is 36.4 Å². The molecule has 0 saturated heterocycles. The van der Waals surface area contributed by atoms with E-state index >= 15 is 0 Å². The number of aromatic amines is 1. The van der Waals surface area contributed by atoms with Crippen molar-refractivity contribution in [2.24, 2.45) is 0 Å². The maximum Gasteiger partial charge on any atom is 0.252 e. The second-order valence-electron chi connectivity index (χ2n) is 8.36. The lowest BCUT2D eigenvalue weighted by atomic mass is 10.1. The molecule has 1 atom stereocenters. The van der Waals surface area contributed by atoms with Crippen molar-refractivity contribution in [2.75, 3.05) is 11.9 Å². The van der Waals surface area contributed by atoms with Gasteiger partial charge in [0.25, 0.3) is 5.91 Å². The van der Waals surface area contributed by atoms with Gasteiger partial charge in [-0.15, -0.1) is 5.10 Å². The smallest absolute Gasteiger partial charge is 0.252 e. The number of fused-ring (bicyclic) bond motifs is 2. The summed E-state index contributed by atoms with van der Waals surface area (Å²) in [5.41, 5.74) is 5.50. The lowest BCUT2D eigenvalue weighted by Crippen LogP contribution is -2.37. The molecule has 2 N–H and O–H groups in total. The number of anilines is 1. The summed E-state index contributed by atoms with van der Waals surface area (Å²) in [6.07, 6.45) is 6.29. The van der Waals surface area contributed by atoms with Crippen LogP contribution in [-0.4, -0.2) is 54.9 Å². The second kappa shape index (κ2) is 9.04. The first-order valence-corrected chi connectivity index (χ1v) is 11.1. The SMILES string of the molecule is CCC(OCCc1c[nH]nn1)C(=O)N1Cc2cnc(NC3Cc4ccccc4C3)nc2C1. The van der Waals surface area contributed by atoms with Crippen LogP contribution in [0.5, 0.6) is 0 Å². The summed E-state index contributed by atoms with van der Waals surface area (Å²) in [6, 6.07) is 8.83. The topological polar surface area (TPSA) is 109 Å². The van der Waals surface area contributed by atoms with Gasteiger partial charge in [0.05, 0.1) is 24.5 Å². The largest absolute Gasteiger partial charge is 0.368 e. The number of amides is 1. The molecule has 9 heteroatoms. The van der Waals surface area contributed by atoms with Gasteiger partial charge in [-0.25, -0.2) is 9.97 Å². The molecule has 3 heterocycles. The van der Waals surface area contributed by atoms with Gasteiger partial charge in [0.1, 0.15) is 6.10 Å². The molecule has 166 valence electrons. The monoisotopic (exact) mass is 433 g/mol. The van der Waals surface area contributed by atoms with Crippen molar-refractivity contribution in [1.29, 1.82) is 0 Å². The minimum absolute atomic E-state index is 0.00796. The highest BCUT2D eigenvalue weighted by molar-refractivity contribution is 5.81. The van der Waals surface area contributed by atoms with Crippen LogP contribution in [0.25, 0.3) is 0 Å². The minimum Gasteiger partial charge on any atom is -0.368 e. The van der Waals surface area contributed by atoms with Crippen LogP contribution in [0.15, 0.2) is 36.7 Å². The third-order valence-corrected chi connectivity index (χ3v) is 6.14. The fourth-order valence-electron chi connectivity index (χ4n) is 4.44. The minimum atomic E-state index is -0.473. The molecule has 0 spiro atoms. The van der Waals surface area contributed by atoms with Crippen LogP contribution in [-0.2, 0) is 41.9 Å². The Morgan fingerprint density at radius 3 is 2.78 bits per heavy atom. The molecule has 2 aromatic heterocycles. The van der Waals surface area contributed by atoms with Gasteiger partial charge >= 0.3 is 0 Å². The molecular formula is C23H27N7O2. The Kier molecular flexibility index (Phi) is 5.81. The van der Waals surface area contributed by atoms with Gasteiger partial charge in [0, 0.05) is 37.0 Å². The molecule has 1 aliphatic heterocycles. The molecule has 0 fully saturated rings. The standard InChI is InChI=1S/C23H27N7O2/c1-2-21(32-8-7-18-12-25-29-28-18)22(31)30-13-17-11-24-23(27-20(17)14-30)26-19-9-15-5-3-4-6-16(15)10-19/h3-6,11-12,19,21H,2,7-10,13-14H2,1H3,(H,24,26,27)(H,25,28,29). The van der Waals surface area contributed by atoms with Crippen molar-refractivity contribution in [3.8, 4) is 0 Å². The predicted molar refractivity (Wildman–Crippen MR) is 118 cm³/mol. The van der Waals surface area contributed by atoms with Gasteiger partial charge < -0.3 is 15.0 Å². The predicted octanol–water partition coefficient (Wildman–Crippen LogP) is 2.05. The van der Waals surface area contributed by atoms with Crippen LogP contribution in [0, 0.1) is 0 Å². The Bertz CT molecular complexity index is 1060. The van der Waals surface area contributed by atoms with Gasteiger partial charge in [-0.05, 0) is 30.4 Å². The summed E-state index contributed by atoms with van der Waals surface area (Å²) in [7, 11) is 0. The summed E-state index contributed by atoms with van der Waals surface area (Å²) < 4.78 is 5.86. The van der Waals surface area contributed by atoms with Crippen LogP contribution < -0.4 is 5.32 Å². The van der Waals surface area contributed by atoms with Crippen molar-refractivity contribution in [1.82, 2.24) is 30.3 Å².